The molecule has 0 unspecified atom stereocenters. The summed E-state index contributed by atoms with van der Waals surface area (Å²) in [6, 6.07) is 8.80. The number of nitro benzene ring substituents is 1. The van der Waals surface area contributed by atoms with Gasteiger partial charge in [0.05, 0.1) is 28.0 Å². The Hall–Kier alpha value is -4.38. The lowest BCUT2D eigenvalue weighted by Gasteiger charge is -2.22. The zero-order valence-electron chi connectivity index (χ0n) is 20.1. The van der Waals surface area contributed by atoms with Gasteiger partial charge in [0.15, 0.2) is 0 Å². The Morgan fingerprint density at radius 1 is 1.11 bits per heavy atom. The van der Waals surface area contributed by atoms with E-state index in [-0.39, 0.29) is 23.7 Å². The van der Waals surface area contributed by atoms with Crippen LogP contribution in [0.4, 0.5) is 16.2 Å². The van der Waals surface area contributed by atoms with Crippen molar-refractivity contribution in [2.45, 2.75) is 39.5 Å². The van der Waals surface area contributed by atoms with Crippen molar-refractivity contribution < 1.29 is 24.0 Å². The van der Waals surface area contributed by atoms with Crippen LogP contribution in [0, 0.1) is 17.0 Å². The van der Waals surface area contributed by atoms with E-state index >= 15 is 0 Å². The number of rotatable bonds is 9. The fourth-order valence-corrected chi connectivity index (χ4v) is 3.49. The first-order chi connectivity index (χ1) is 17.7. The Labute approximate surface area is 217 Å². The highest BCUT2D eigenvalue weighted by molar-refractivity contribution is 6.30. The van der Waals surface area contributed by atoms with E-state index < -0.39 is 28.5 Å². The van der Waals surface area contributed by atoms with Crippen LogP contribution in [0.15, 0.2) is 54.9 Å². The summed E-state index contributed by atoms with van der Waals surface area (Å²) in [6.07, 6.45) is 5.02. The topological polar surface area (TPSA) is 145 Å². The minimum atomic E-state index is -1.03. The van der Waals surface area contributed by atoms with E-state index in [2.05, 4.69) is 15.3 Å². The molecule has 37 heavy (non-hydrogen) atoms. The molecule has 0 atom stereocenters. The highest BCUT2D eigenvalue weighted by atomic mass is 35.5. The quantitative estimate of drug-likeness (QED) is 0.216. The minimum Gasteiger partial charge on any atom is -0.424 e. The third kappa shape index (κ3) is 7.07. The predicted molar refractivity (Wildman–Crippen MR) is 136 cm³/mol. The van der Waals surface area contributed by atoms with E-state index in [1.807, 2.05) is 6.92 Å². The van der Waals surface area contributed by atoms with Gasteiger partial charge in [-0.2, -0.15) is 0 Å². The molecule has 0 aliphatic rings. The number of carbonyl (C=O) groups is 3. The number of halogens is 1. The van der Waals surface area contributed by atoms with E-state index in [0.29, 0.717) is 22.8 Å². The Balaban J connectivity index is 1.88. The number of hydrogen-bond acceptors (Lipinski definition) is 8. The highest BCUT2D eigenvalue weighted by Gasteiger charge is 2.28. The van der Waals surface area contributed by atoms with Crippen molar-refractivity contribution in [2.24, 2.45) is 0 Å². The van der Waals surface area contributed by atoms with Crippen molar-refractivity contribution in [1.29, 1.82) is 0 Å². The number of unbranched alkanes of at least 4 members (excludes halogenated alkanes) is 2. The first kappa shape index (κ1) is 27.2. The second-order valence-electron chi connectivity index (χ2n) is 7.96. The van der Waals surface area contributed by atoms with Gasteiger partial charge in [0.2, 0.25) is 5.91 Å². The number of ether oxygens (including phenoxy) is 1. The monoisotopic (exact) mass is 525 g/mol. The number of nitro groups is 1. The SMILES string of the molecule is CCCCCC(=O)N(C(=O)NC(=O)c1ccccc1[N+](=O)[O-])c1ccc(Oc2ncc(Cl)cn2)c(C)c1. The number of nitrogens with zero attached hydrogens (tertiary/aromatic N) is 4. The average Bonchev–Trinajstić information content (AvgIpc) is 2.87. The molecule has 0 saturated carbocycles. The number of benzene rings is 2. The number of aromatic nitrogens is 2. The van der Waals surface area contributed by atoms with Gasteiger partial charge in [-0.25, -0.2) is 19.7 Å². The van der Waals surface area contributed by atoms with Crippen molar-refractivity contribution >= 4 is 40.8 Å². The number of para-hydroxylation sites is 1. The lowest BCUT2D eigenvalue weighted by atomic mass is 10.1. The molecular weight excluding hydrogens is 502 g/mol. The Kier molecular flexibility index (Phi) is 9.22. The summed E-state index contributed by atoms with van der Waals surface area (Å²) in [5.41, 5.74) is -0.0195. The van der Waals surface area contributed by atoms with E-state index in [1.54, 1.807) is 6.92 Å². The van der Waals surface area contributed by atoms with Gasteiger partial charge in [-0.3, -0.25) is 25.0 Å². The van der Waals surface area contributed by atoms with Crippen LogP contribution in [0.25, 0.3) is 0 Å². The summed E-state index contributed by atoms with van der Waals surface area (Å²) < 4.78 is 5.65. The standard InChI is InChI=1S/C25H24ClN5O6/c1-3-4-5-10-22(32)30(25(34)29-23(33)19-8-6-7-9-20(19)31(35)36)18-11-12-21(16(2)13-18)37-24-27-14-17(26)15-28-24/h6-9,11-15H,3-5,10H2,1-2H3,(H,29,33,34). The van der Waals surface area contributed by atoms with Crippen LogP contribution in [0.5, 0.6) is 11.8 Å². The second-order valence-corrected chi connectivity index (χ2v) is 8.39. The van der Waals surface area contributed by atoms with Gasteiger partial charge in [-0.15, -0.1) is 0 Å². The average molecular weight is 526 g/mol. The Bertz CT molecular complexity index is 1320. The van der Waals surface area contributed by atoms with Crippen LogP contribution in [-0.2, 0) is 4.79 Å². The van der Waals surface area contributed by atoms with Crippen LogP contribution in [0.2, 0.25) is 5.02 Å². The largest absolute Gasteiger partial charge is 0.424 e. The molecule has 192 valence electrons. The number of nitrogens with one attached hydrogen (secondary N) is 1. The number of aryl methyl sites for hydroxylation is 1. The molecule has 1 aromatic heterocycles. The molecule has 2 aromatic carbocycles. The van der Waals surface area contributed by atoms with Crippen molar-refractivity contribution in [3.63, 3.8) is 0 Å². The number of anilines is 1. The summed E-state index contributed by atoms with van der Waals surface area (Å²) >= 11 is 5.79. The third-order valence-corrected chi connectivity index (χ3v) is 5.42. The van der Waals surface area contributed by atoms with Gasteiger partial charge in [-0.1, -0.05) is 43.5 Å². The first-order valence-electron chi connectivity index (χ1n) is 11.4. The molecule has 0 saturated heterocycles. The summed E-state index contributed by atoms with van der Waals surface area (Å²) in [7, 11) is 0. The van der Waals surface area contributed by atoms with Gasteiger partial charge >= 0.3 is 12.0 Å². The molecule has 1 N–H and O–H groups in total. The number of hydrogen-bond donors (Lipinski definition) is 1. The predicted octanol–water partition coefficient (Wildman–Crippen LogP) is 5.60. The van der Waals surface area contributed by atoms with Crippen LogP contribution in [0.1, 0.15) is 48.5 Å². The summed E-state index contributed by atoms with van der Waals surface area (Å²) in [6.45, 7) is 3.68. The van der Waals surface area contributed by atoms with E-state index in [9.17, 15) is 24.5 Å². The number of imide groups is 2. The Morgan fingerprint density at radius 3 is 2.46 bits per heavy atom. The molecule has 1 heterocycles. The van der Waals surface area contributed by atoms with Gasteiger partial charge in [0.1, 0.15) is 11.3 Å². The number of urea groups is 1. The molecule has 3 rings (SSSR count). The van der Waals surface area contributed by atoms with Crippen LogP contribution >= 0.6 is 11.6 Å². The van der Waals surface area contributed by atoms with Crippen LogP contribution in [-0.4, -0.2) is 32.7 Å². The zero-order valence-corrected chi connectivity index (χ0v) is 20.9. The normalized spacial score (nSPS) is 10.5. The van der Waals surface area contributed by atoms with Gasteiger partial charge in [0, 0.05) is 12.5 Å². The molecule has 0 fully saturated rings. The first-order valence-corrected chi connectivity index (χ1v) is 11.8. The molecule has 0 aliphatic heterocycles. The van der Waals surface area contributed by atoms with Crippen LogP contribution < -0.4 is 15.0 Å². The lowest BCUT2D eigenvalue weighted by Crippen LogP contribution is -2.46. The number of amides is 4. The van der Waals surface area contributed by atoms with Crippen molar-refractivity contribution in [2.75, 3.05) is 4.90 Å². The Morgan fingerprint density at radius 2 is 1.81 bits per heavy atom. The molecule has 11 nitrogen and oxygen atoms in total. The van der Waals surface area contributed by atoms with Gasteiger partial charge < -0.3 is 4.74 Å². The molecule has 3 aromatic rings. The van der Waals surface area contributed by atoms with Crippen molar-refractivity contribution in [3.05, 3.63) is 81.1 Å². The fraction of sp³-hybridized carbons (Fsp3) is 0.240. The zero-order chi connectivity index (χ0) is 26.9. The maximum absolute atomic E-state index is 13.1. The molecule has 0 bridgehead atoms. The minimum absolute atomic E-state index is 0.0561. The molecule has 0 radical (unpaired) electrons. The van der Waals surface area contributed by atoms with Crippen molar-refractivity contribution in [3.8, 4) is 11.8 Å². The molecule has 4 amide bonds. The smallest absolute Gasteiger partial charge is 0.335 e. The number of carbonyl (C=O) groups excluding carboxylic acids is 3. The van der Waals surface area contributed by atoms with Gasteiger partial charge in [0.25, 0.3) is 11.6 Å². The molecular formula is C25H24ClN5O6. The van der Waals surface area contributed by atoms with Gasteiger partial charge in [-0.05, 0) is 43.2 Å². The second kappa shape index (κ2) is 12.5. The summed E-state index contributed by atoms with van der Waals surface area (Å²) in [5, 5.41) is 13.7. The van der Waals surface area contributed by atoms with Crippen molar-refractivity contribution in [1.82, 2.24) is 15.3 Å². The molecule has 0 spiro atoms. The molecule has 12 heteroatoms. The fourth-order valence-electron chi connectivity index (χ4n) is 3.40. The maximum Gasteiger partial charge on any atom is 0.335 e. The van der Waals surface area contributed by atoms with E-state index in [0.717, 1.165) is 23.8 Å². The molecule has 0 aliphatic carbocycles. The van der Waals surface area contributed by atoms with Crippen LogP contribution in [0.3, 0.4) is 0 Å². The highest BCUT2D eigenvalue weighted by Crippen LogP contribution is 2.28. The van der Waals surface area contributed by atoms with E-state index in [4.69, 9.17) is 16.3 Å². The maximum atomic E-state index is 13.1. The summed E-state index contributed by atoms with van der Waals surface area (Å²) in [5.74, 6) is -1.16. The third-order valence-electron chi connectivity index (χ3n) is 5.23. The lowest BCUT2D eigenvalue weighted by molar-refractivity contribution is -0.385. The summed E-state index contributed by atoms with van der Waals surface area (Å²) in [4.78, 5) is 58.3. The van der Waals surface area contributed by atoms with E-state index in [1.165, 1.54) is 48.8 Å².